The van der Waals surface area contributed by atoms with E-state index >= 15 is 0 Å². The van der Waals surface area contributed by atoms with Crippen molar-refractivity contribution < 1.29 is 29.0 Å². The number of benzene rings is 1. The number of carbonyl (C=O) groups excluding carboxylic acids is 1. The second-order valence-electron chi connectivity index (χ2n) is 5.96. The van der Waals surface area contributed by atoms with Crippen LogP contribution in [0.5, 0.6) is 0 Å². The van der Waals surface area contributed by atoms with E-state index in [0.29, 0.717) is 5.56 Å². The van der Waals surface area contributed by atoms with Crippen LogP contribution in [0.2, 0.25) is 0 Å². The van der Waals surface area contributed by atoms with E-state index in [1.807, 2.05) is 0 Å². The predicted molar refractivity (Wildman–Crippen MR) is 99.8 cm³/mol. The number of rotatable bonds is 8. The van der Waals surface area contributed by atoms with E-state index in [4.69, 9.17) is 5.11 Å². The molecule has 0 bridgehead atoms. The van der Waals surface area contributed by atoms with Crippen LogP contribution in [0.1, 0.15) is 25.8 Å². The molecular weight excluding hydrogens is 424 g/mol. The van der Waals surface area contributed by atoms with Gasteiger partial charge in [0.25, 0.3) is 0 Å². The van der Waals surface area contributed by atoms with E-state index in [0.717, 1.165) is 4.47 Å². The van der Waals surface area contributed by atoms with Gasteiger partial charge in [0.2, 0.25) is 5.91 Å². The summed E-state index contributed by atoms with van der Waals surface area (Å²) in [6.07, 6.45) is -0.00928. The summed E-state index contributed by atoms with van der Waals surface area (Å²) in [6.45, 7) is 3.59. The van der Waals surface area contributed by atoms with Crippen LogP contribution in [-0.4, -0.2) is 68.0 Å². The SMILES string of the molecule is CC(C)C[C@H](NC(=O)C(Cc1ccc(Br)cc1)P(=O)(O)O)C(=O)O.[NaH]. The maximum absolute atomic E-state index is 12.3. The third-order valence-electron chi connectivity index (χ3n) is 3.37. The Balaban J connectivity index is 0.00000576. The van der Waals surface area contributed by atoms with E-state index < -0.39 is 31.2 Å². The maximum atomic E-state index is 12.3. The standard InChI is InChI=1S/C15H21BrNO6P.Na.H/c1-9(2)7-12(15(19)20)17-14(18)13(24(21,22)23)8-10-3-5-11(16)6-4-10;;/h3-6,9,12-13H,7-8H2,1-2H3,(H,17,18)(H,19,20)(H2,21,22,23);;/t12-,13?;;/m0../s1. The van der Waals surface area contributed by atoms with Gasteiger partial charge in [-0.3, -0.25) is 9.36 Å². The van der Waals surface area contributed by atoms with Crippen LogP contribution in [0, 0.1) is 5.92 Å². The van der Waals surface area contributed by atoms with Crippen molar-refractivity contribution in [2.75, 3.05) is 0 Å². The molecule has 7 nitrogen and oxygen atoms in total. The number of hydrogen-bond acceptors (Lipinski definition) is 3. The fraction of sp³-hybridized carbons (Fsp3) is 0.467. The van der Waals surface area contributed by atoms with Crippen LogP contribution >= 0.6 is 23.5 Å². The summed E-state index contributed by atoms with van der Waals surface area (Å²) >= 11 is 3.25. The van der Waals surface area contributed by atoms with Gasteiger partial charge in [0.15, 0.2) is 0 Å². The van der Waals surface area contributed by atoms with Crippen LogP contribution in [0.25, 0.3) is 0 Å². The molecule has 25 heavy (non-hydrogen) atoms. The van der Waals surface area contributed by atoms with Crippen molar-refractivity contribution in [3.8, 4) is 0 Å². The Morgan fingerprint density at radius 2 is 1.72 bits per heavy atom. The molecule has 0 aliphatic rings. The zero-order valence-electron chi connectivity index (χ0n) is 13.3. The van der Waals surface area contributed by atoms with Gasteiger partial charge >= 0.3 is 43.1 Å². The Bertz CT molecular complexity index is 633. The van der Waals surface area contributed by atoms with Gasteiger partial charge in [-0.05, 0) is 36.5 Å². The summed E-state index contributed by atoms with van der Waals surface area (Å²) in [7, 11) is -4.75. The molecule has 10 heteroatoms. The molecule has 136 valence electrons. The quantitative estimate of drug-likeness (QED) is 0.355. The molecule has 0 saturated carbocycles. The van der Waals surface area contributed by atoms with Crippen LogP contribution in [0.15, 0.2) is 28.7 Å². The second kappa shape index (κ2) is 10.8. The topological polar surface area (TPSA) is 124 Å². The van der Waals surface area contributed by atoms with E-state index in [-0.39, 0.29) is 48.3 Å². The monoisotopic (exact) mass is 445 g/mol. The molecule has 1 rings (SSSR count). The molecule has 1 aromatic carbocycles. The van der Waals surface area contributed by atoms with Crippen molar-refractivity contribution >= 4 is 65.0 Å². The molecule has 1 unspecified atom stereocenters. The van der Waals surface area contributed by atoms with Gasteiger partial charge in [0.05, 0.1) is 0 Å². The van der Waals surface area contributed by atoms with Crippen molar-refractivity contribution in [3.63, 3.8) is 0 Å². The van der Waals surface area contributed by atoms with Gasteiger partial charge in [-0.1, -0.05) is 41.9 Å². The van der Waals surface area contributed by atoms with Gasteiger partial charge in [-0.15, -0.1) is 0 Å². The average molecular weight is 446 g/mol. The van der Waals surface area contributed by atoms with Gasteiger partial charge in [0.1, 0.15) is 11.7 Å². The Hall–Kier alpha value is -0.210. The third kappa shape index (κ3) is 8.82. The van der Waals surface area contributed by atoms with E-state index in [9.17, 15) is 23.9 Å². The molecule has 1 amide bonds. The number of amides is 1. The third-order valence-corrected chi connectivity index (χ3v) is 5.13. The first kappa shape index (κ1) is 24.8. The first-order chi connectivity index (χ1) is 11.0. The van der Waals surface area contributed by atoms with Crippen LogP contribution in [0.4, 0.5) is 0 Å². The Morgan fingerprint density at radius 1 is 1.20 bits per heavy atom. The van der Waals surface area contributed by atoms with Crippen LogP contribution in [0.3, 0.4) is 0 Å². The molecule has 0 spiro atoms. The summed E-state index contributed by atoms with van der Waals surface area (Å²) in [5, 5.41) is 11.4. The van der Waals surface area contributed by atoms with Crippen LogP contribution < -0.4 is 5.32 Å². The number of hydrogen-bond donors (Lipinski definition) is 4. The number of carbonyl (C=O) groups is 2. The minimum atomic E-state index is -4.75. The summed E-state index contributed by atoms with van der Waals surface area (Å²) in [4.78, 5) is 42.5. The molecule has 0 saturated heterocycles. The van der Waals surface area contributed by atoms with Crippen molar-refractivity contribution in [1.29, 1.82) is 0 Å². The normalized spacial score (nSPS) is 13.7. The molecular formula is C15H22BrNNaO6P. The van der Waals surface area contributed by atoms with Crippen molar-refractivity contribution in [3.05, 3.63) is 34.3 Å². The number of halogens is 1. The van der Waals surface area contributed by atoms with Gasteiger partial charge < -0.3 is 20.2 Å². The van der Waals surface area contributed by atoms with Gasteiger partial charge in [0, 0.05) is 4.47 Å². The second-order valence-corrected chi connectivity index (χ2v) is 8.68. The molecule has 4 N–H and O–H groups in total. The Labute approximate surface area is 177 Å². The molecule has 0 radical (unpaired) electrons. The Morgan fingerprint density at radius 3 is 2.12 bits per heavy atom. The number of carboxylic acid groups (broad SMARTS) is 1. The van der Waals surface area contributed by atoms with Gasteiger partial charge in [-0.25, -0.2) is 4.79 Å². The summed E-state index contributed by atoms with van der Waals surface area (Å²) in [6, 6.07) is 5.49. The molecule has 0 aliphatic heterocycles. The zero-order chi connectivity index (χ0) is 18.5. The molecule has 0 aliphatic carbocycles. The first-order valence-electron chi connectivity index (χ1n) is 7.33. The fourth-order valence-electron chi connectivity index (χ4n) is 2.17. The number of nitrogens with one attached hydrogen (secondary N) is 1. The van der Waals surface area contributed by atoms with Gasteiger partial charge in [-0.2, -0.15) is 0 Å². The summed E-state index contributed by atoms with van der Waals surface area (Å²) < 4.78 is 12.5. The van der Waals surface area contributed by atoms with E-state index in [1.54, 1.807) is 38.1 Å². The van der Waals surface area contributed by atoms with Crippen LogP contribution in [-0.2, 0) is 20.6 Å². The zero-order valence-corrected chi connectivity index (χ0v) is 15.8. The Kier molecular flexibility index (Phi) is 10.7. The molecule has 0 aromatic heterocycles. The van der Waals surface area contributed by atoms with Crippen molar-refractivity contribution in [1.82, 2.24) is 5.32 Å². The molecule has 0 heterocycles. The minimum absolute atomic E-state index is 0. The van der Waals surface area contributed by atoms with E-state index in [2.05, 4.69) is 21.2 Å². The van der Waals surface area contributed by atoms with Crippen molar-refractivity contribution in [2.45, 2.75) is 38.4 Å². The fourth-order valence-corrected chi connectivity index (χ4v) is 3.26. The first-order valence-corrected chi connectivity index (χ1v) is 9.81. The summed E-state index contributed by atoms with van der Waals surface area (Å²) in [5.41, 5.74) is -1.06. The number of carboxylic acids is 1. The average Bonchev–Trinajstić information content (AvgIpc) is 2.43. The summed E-state index contributed by atoms with van der Waals surface area (Å²) in [5.74, 6) is -2.18. The molecule has 0 fully saturated rings. The van der Waals surface area contributed by atoms with E-state index in [1.165, 1.54) is 0 Å². The molecule has 1 aromatic rings. The predicted octanol–water partition coefficient (Wildman–Crippen LogP) is 1.50. The molecule has 2 atom stereocenters. The van der Waals surface area contributed by atoms with Crippen molar-refractivity contribution in [2.24, 2.45) is 5.92 Å². The number of aliphatic carboxylic acids is 1.